The topological polar surface area (TPSA) is 123 Å². The molecule has 9 nitrogen and oxygen atoms in total. The first-order chi connectivity index (χ1) is 17.9. The number of sulfonamides is 1. The Hall–Kier alpha value is -2.71. The molecule has 0 aliphatic carbocycles. The fourth-order valence-electron chi connectivity index (χ4n) is 4.37. The van der Waals surface area contributed by atoms with Gasteiger partial charge < -0.3 is 20.4 Å². The zero-order chi connectivity index (χ0) is 27.7. The van der Waals surface area contributed by atoms with Crippen LogP contribution in [-0.2, 0) is 16.2 Å². The smallest absolute Gasteiger partial charge is 0.393 e. The van der Waals surface area contributed by atoms with Crippen LogP contribution in [0.3, 0.4) is 0 Å². The maximum Gasteiger partial charge on any atom is 0.417 e. The number of hydrogen-bond donors (Lipinski definition) is 3. The Labute approximate surface area is 222 Å². The van der Waals surface area contributed by atoms with Crippen LogP contribution in [-0.4, -0.2) is 71.6 Å². The molecule has 1 saturated heterocycles. The van der Waals surface area contributed by atoms with E-state index in [-0.39, 0.29) is 36.9 Å². The van der Waals surface area contributed by atoms with E-state index in [0.717, 1.165) is 22.0 Å². The maximum atomic E-state index is 13.8. The van der Waals surface area contributed by atoms with Crippen molar-refractivity contribution in [2.75, 3.05) is 38.1 Å². The number of urea groups is 1. The third-order valence-electron chi connectivity index (χ3n) is 6.44. The van der Waals surface area contributed by atoms with Crippen molar-refractivity contribution in [1.82, 2.24) is 14.2 Å². The highest BCUT2D eigenvalue weighted by molar-refractivity contribution is 7.89. The van der Waals surface area contributed by atoms with Crippen molar-refractivity contribution in [3.05, 3.63) is 58.4 Å². The Morgan fingerprint density at radius 3 is 2.47 bits per heavy atom. The minimum atomic E-state index is -4.94. The van der Waals surface area contributed by atoms with Gasteiger partial charge in [-0.1, -0.05) is 17.7 Å². The second-order valence-electron chi connectivity index (χ2n) is 8.97. The monoisotopic (exact) mass is 574 g/mol. The van der Waals surface area contributed by atoms with Gasteiger partial charge in [0.05, 0.1) is 27.8 Å². The lowest BCUT2D eigenvalue weighted by atomic mass is 10.0. The largest absolute Gasteiger partial charge is 0.417 e. The first-order valence-electron chi connectivity index (χ1n) is 11.8. The fourth-order valence-corrected chi connectivity index (χ4v) is 6.38. The molecule has 1 aromatic carbocycles. The molecular formula is C24H26ClF3N4O5S. The molecule has 0 unspecified atom stereocenters. The number of amides is 2. The normalized spacial score (nSPS) is 17.8. The molecule has 14 heteroatoms. The van der Waals surface area contributed by atoms with Gasteiger partial charge in [-0.3, -0.25) is 4.98 Å². The number of carbonyl (C=O) groups is 1. The summed E-state index contributed by atoms with van der Waals surface area (Å²) in [4.78, 5) is 17.6. The Bertz CT molecular complexity index is 1350. The highest BCUT2D eigenvalue weighted by Gasteiger charge is 2.40. The van der Waals surface area contributed by atoms with Gasteiger partial charge in [0, 0.05) is 43.6 Å². The van der Waals surface area contributed by atoms with Crippen LogP contribution in [0.2, 0.25) is 5.02 Å². The van der Waals surface area contributed by atoms with Crippen LogP contribution >= 0.6 is 11.6 Å². The van der Waals surface area contributed by atoms with Gasteiger partial charge in [-0.25, -0.2) is 13.2 Å². The van der Waals surface area contributed by atoms with Crippen LogP contribution in [0.4, 0.5) is 23.7 Å². The molecule has 1 atom stereocenters. The summed E-state index contributed by atoms with van der Waals surface area (Å²) in [5, 5.41) is 21.5. The number of nitrogens with one attached hydrogen (secondary N) is 1. The van der Waals surface area contributed by atoms with Crippen molar-refractivity contribution >= 4 is 38.9 Å². The van der Waals surface area contributed by atoms with Crippen molar-refractivity contribution in [2.24, 2.45) is 0 Å². The summed E-state index contributed by atoms with van der Waals surface area (Å²) >= 11 is 6.28. The first kappa shape index (κ1) is 28.3. The standard InChI is InChI=1S/C24H26ClF3N4O5S/c25-19-11-16(20(34)14-33)13-29-22(19)15-5-9-31(10-6-15)23(35)30-17-3-4-21(18(12-17)24(26,27)28)38(36,37)32-7-1-2-8-32/h3-5,11-13,20,33-34H,1-2,6-10,14H2,(H,30,35)/t20-/m0/s1. The second-order valence-corrected chi connectivity index (χ2v) is 11.3. The van der Waals surface area contributed by atoms with E-state index in [9.17, 15) is 31.5 Å². The van der Waals surface area contributed by atoms with Crippen LogP contribution in [0.5, 0.6) is 0 Å². The summed E-state index contributed by atoms with van der Waals surface area (Å²) in [6.45, 7) is 0.208. The molecule has 2 aliphatic heterocycles. The first-order valence-corrected chi connectivity index (χ1v) is 13.6. The number of benzene rings is 1. The molecule has 2 aliphatic rings. The number of aromatic nitrogens is 1. The van der Waals surface area contributed by atoms with Crippen LogP contribution in [0.1, 0.15) is 42.2 Å². The number of nitrogens with zero attached hydrogens (tertiary/aromatic N) is 3. The fraction of sp³-hybridized carbons (Fsp3) is 0.417. The molecule has 4 rings (SSSR count). The third-order valence-corrected chi connectivity index (χ3v) is 8.68. The van der Waals surface area contributed by atoms with E-state index in [4.69, 9.17) is 16.7 Å². The third kappa shape index (κ3) is 5.96. The van der Waals surface area contributed by atoms with E-state index in [1.807, 2.05) is 0 Å². The van der Waals surface area contributed by atoms with Gasteiger partial charge in [0.25, 0.3) is 0 Å². The summed E-state index contributed by atoms with van der Waals surface area (Å²) in [6, 6.07) is 3.51. The molecule has 38 heavy (non-hydrogen) atoms. The molecule has 1 fully saturated rings. The lowest BCUT2D eigenvalue weighted by molar-refractivity contribution is -0.139. The molecule has 206 valence electrons. The second kappa shape index (κ2) is 11.2. The number of aliphatic hydroxyl groups is 2. The maximum absolute atomic E-state index is 13.8. The van der Waals surface area contributed by atoms with Crippen molar-refractivity contribution in [3.8, 4) is 0 Å². The number of carbonyl (C=O) groups excluding carboxylic acids is 1. The molecule has 1 aromatic heterocycles. The predicted molar refractivity (Wildman–Crippen MR) is 134 cm³/mol. The van der Waals surface area contributed by atoms with Crippen LogP contribution < -0.4 is 5.32 Å². The Morgan fingerprint density at radius 2 is 1.89 bits per heavy atom. The minimum Gasteiger partial charge on any atom is -0.393 e. The Morgan fingerprint density at radius 1 is 1.18 bits per heavy atom. The van der Waals surface area contributed by atoms with E-state index in [1.54, 1.807) is 6.08 Å². The Balaban J connectivity index is 1.48. The number of alkyl halides is 3. The molecule has 3 heterocycles. The summed E-state index contributed by atoms with van der Waals surface area (Å²) in [5.74, 6) is 0. The lowest BCUT2D eigenvalue weighted by Crippen LogP contribution is -2.38. The van der Waals surface area contributed by atoms with Gasteiger partial charge in [-0.2, -0.15) is 17.5 Å². The van der Waals surface area contributed by atoms with Gasteiger partial charge >= 0.3 is 12.2 Å². The average molecular weight is 575 g/mol. The number of rotatable bonds is 6. The van der Waals surface area contributed by atoms with E-state index < -0.39 is 45.4 Å². The van der Waals surface area contributed by atoms with Crippen molar-refractivity contribution in [2.45, 2.75) is 36.4 Å². The van der Waals surface area contributed by atoms with Gasteiger partial charge in [-0.15, -0.1) is 0 Å². The van der Waals surface area contributed by atoms with Gasteiger partial charge in [0.2, 0.25) is 10.0 Å². The van der Waals surface area contributed by atoms with E-state index in [1.165, 1.54) is 17.2 Å². The van der Waals surface area contributed by atoms with E-state index >= 15 is 0 Å². The SMILES string of the molecule is O=C(Nc1ccc(S(=O)(=O)N2CCCC2)c(C(F)(F)F)c1)N1CC=C(c2ncc([C@@H](O)CO)cc2Cl)CC1. The van der Waals surface area contributed by atoms with E-state index in [0.29, 0.717) is 36.6 Å². The van der Waals surface area contributed by atoms with Crippen molar-refractivity contribution < 1.29 is 36.6 Å². The zero-order valence-electron chi connectivity index (χ0n) is 20.1. The molecule has 0 saturated carbocycles. The summed E-state index contributed by atoms with van der Waals surface area (Å²) in [6.07, 6.45) is -1.41. The number of hydrogen-bond acceptors (Lipinski definition) is 6. The quantitative estimate of drug-likeness (QED) is 0.481. The zero-order valence-corrected chi connectivity index (χ0v) is 21.7. The molecule has 2 aromatic rings. The predicted octanol–water partition coefficient (Wildman–Crippen LogP) is 3.89. The number of pyridine rings is 1. The Kier molecular flexibility index (Phi) is 8.33. The van der Waals surface area contributed by atoms with E-state index in [2.05, 4.69) is 10.3 Å². The molecule has 2 amide bonds. The van der Waals surface area contributed by atoms with Crippen LogP contribution in [0, 0.1) is 0 Å². The number of aliphatic hydroxyl groups excluding tert-OH is 2. The van der Waals surface area contributed by atoms with Crippen LogP contribution in [0.15, 0.2) is 41.4 Å². The van der Waals surface area contributed by atoms with Crippen molar-refractivity contribution in [3.63, 3.8) is 0 Å². The lowest BCUT2D eigenvalue weighted by Gasteiger charge is -2.27. The van der Waals surface area contributed by atoms with Crippen molar-refractivity contribution in [1.29, 1.82) is 0 Å². The molecule has 0 spiro atoms. The summed E-state index contributed by atoms with van der Waals surface area (Å²) in [5.41, 5.74) is 0.0556. The summed E-state index contributed by atoms with van der Waals surface area (Å²) in [7, 11) is -4.32. The number of anilines is 1. The van der Waals surface area contributed by atoms with Crippen LogP contribution in [0.25, 0.3) is 5.57 Å². The highest BCUT2D eigenvalue weighted by atomic mass is 35.5. The molecular weight excluding hydrogens is 549 g/mol. The molecule has 0 bridgehead atoms. The number of halogens is 4. The summed E-state index contributed by atoms with van der Waals surface area (Å²) < 4.78 is 68.1. The molecule has 0 radical (unpaired) electrons. The molecule has 3 N–H and O–H groups in total. The minimum absolute atomic E-state index is 0.133. The average Bonchev–Trinajstić information content (AvgIpc) is 3.44. The van der Waals surface area contributed by atoms with Gasteiger partial charge in [0.15, 0.2) is 0 Å². The van der Waals surface area contributed by atoms with Gasteiger partial charge in [0.1, 0.15) is 6.10 Å². The highest BCUT2D eigenvalue weighted by Crippen LogP contribution is 2.38. The van der Waals surface area contributed by atoms with Gasteiger partial charge in [-0.05, 0) is 49.1 Å².